The van der Waals surface area contributed by atoms with Crippen molar-refractivity contribution >= 4 is 0 Å². The SMILES string of the molecule is CC(C)OCC(N)c1noc(Cc2ccccc2)n1. The second-order valence-electron chi connectivity index (χ2n) is 4.70. The number of hydrogen-bond acceptors (Lipinski definition) is 5. The van der Waals surface area contributed by atoms with Crippen LogP contribution in [-0.2, 0) is 11.2 Å². The second kappa shape index (κ2) is 6.45. The lowest BCUT2D eigenvalue weighted by Gasteiger charge is -2.10. The second-order valence-corrected chi connectivity index (χ2v) is 4.70. The maximum atomic E-state index is 5.94. The van der Waals surface area contributed by atoms with E-state index in [0.29, 0.717) is 24.7 Å². The Kier molecular flexibility index (Phi) is 4.65. The highest BCUT2D eigenvalue weighted by atomic mass is 16.5. The van der Waals surface area contributed by atoms with Gasteiger partial charge in [0, 0.05) is 0 Å². The summed E-state index contributed by atoms with van der Waals surface area (Å²) in [5.74, 6) is 1.06. The zero-order chi connectivity index (χ0) is 13.7. The number of nitrogens with zero attached hydrogens (tertiary/aromatic N) is 2. The molecule has 0 aliphatic rings. The fourth-order valence-corrected chi connectivity index (χ4v) is 1.63. The van der Waals surface area contributed by atoms with Gasteiger partial charge in [-0.15, -0.1) is 0 Å². The van der Waals surface area contributed by atoms with Gasteiger partial charge in [-0.3, -0.25) is 0 Å². The first kappa shape index (κ1) is 13.7. The third kappa shape index (κ3) is 4.15. The summed E-state index contributed by atoms with van der Waals surface area (Å²) in [6.07, 6.45) is 0.757. The van der Waals surface area contributed by atoms with Gasteiger partial charge in [0.05, 0.1) is 25.2 Å². The fourth-order valence-electron chi connectivity index (χ4n) is 1.63. The van der Waals surface area contributed by atoms with Crippen LogP contribution in [0.5, 0.6) is 0 Å². The summed E-state index contributed by atoms with van der Waals surface area (Å²) in [4.78, 5) is 4.30. The van der Waals surface area contributed by atoms with Crippen LogP contribution >= 0.6 is 0 Å². The molecule has 0 saturated carbocycles. The average molecular weight is 261 g/mol. The van der Waals surface area contributed by atoms with Gasteiger partial charge in [-0.1, -0.05) is 35.5 Å². The van der Waals surface area contributed by atoms with Gasteiger partial charge in [0.2, 0.25) is 5.89 Å². The predicted molar refractivity (Wildman–Crippen MR) is 71.6 cm³/mol. The molecule has 0 spiro atoms. The van der Waals surface area contributed by atoms with Gasteiger partial charge in [-0.2, -0.15) is 4.98 Å². The molecule has 0 fully saturated rings. The Morgan fingerprint density at radius 1 is 1.26 bits per heavy atom. The van der Waals surface area contributed by atoms with Gasteiger partial charge in [0.15, 0.2) is 5.82 Å². The monoisotopic (exact) mass is 261 g/mol. The minimum Gasteiger partial charge on any atom is -0.377 e. The first-order valence-corrected chi connectivity index (χ1v) is 6.38. The van der Waals surface area contributed by atoms with Crippen LogP contribution in [0.15, 0.2) is 34.9 Å². The highest BCUT2D eigenvalue weighted by molar-refractivity contribution is 5.18. The molecule has 1 aromatic heterocycles. The van der Waals surface area contributed by atoms with Crippen LogP contribution in [0, 0.1) is 0 Å². The molecule has 0 aliphatic carbocycles. The quantitative estimate of drug-likeness (QED) is 0.861. The van der Waals surface area contributed by atoms with E-state index in [4.69, 9.17) is 15.0 Å². The molecular weight excluding hydrogens is 242 g/mol. The molecule has 0 radical (unpaired) electrons. The largest absolute Gasteiger partial charge is 0.377 e. The molecule has 1 unspecified atom stereocenters. The van der Waals surface area contributed by atoms with Crippen molar-refractivity contribution in [2.24, 2.45) is 5.73 Å². The highest BCUT2D eigenvalue weighted by Gasteiger charge is 2.15. The van der Waals surface area contributed by atoms with Crippen molar-refractivity contribution in [2.75, 3.05) is 6.61 Å². The van der Waals surface area contributed by atoms with Crippen LogP contribution in [0.25, 0.3) is 0 Å². The zero-order valence-corrected chi connectivity index (χ0v) is 11.2. The van der Waals surface area contributed by atoms with E-state index in [-0.39, 0.29) is 12.1 Å². The molecule has 0 bridgehead atoms. The Bertz CT molecular complexity index is 496. The zero-order valence-electron chi connectivity index (χ0n) is 11.2. The summed E-state index contributed by atoms with van der Waals surface area (Å²) in [5.41, 5.74) is 7.07. The molecule has 5 heteroatoms. The molecule has 1 atom stereocenters. The van der Waals surface area contributed by atoms with Gasteiger partial charge < -0.3 is 15.0 Å². The molecule has 2 rings (SSSR count). The Morgan fingerprint density at radius 3 is 2.68 bits per heavy atom. The van der Waals surface area contributed by atoms with Crippen molar-refractivity contribution in [3.63, 3.8) is 0 Å². The van der Waals surface area contributed by atoms with Crippen molar-refractivity contribution in [2.45, 2.75) is 32.4 Å². The summed E-state index contributed by atoms with van der Waals surface area (Å²) in [6.45, 7) is 4.32. The van der Waals surface area contributed by atoms with Crippen molar-refractivity contribution < 1.29 is 9.26 Å². The third-order valence-corrected chi connectivity index (χ3v) is 2.62. The van der Waals surface area contributed by atoms with E-state index in [1.165, 1.54) is 0 Å². The number of rotatable bonds is 6. The van der Waals surface area contributed by atoms with E-state index >= 15 is 0 Å². The van der Waals surface area contributed by atoms with Crippen LogP contribution < -0.4 is 5.73 Å². The lowest BCUT2D eigenvalue weighted by atomic mass is 10.1. The van der Waals surface area contributed by atoms with E-state index in [1.807, 2.05) is 44.2 Å². The smallest absolute Gasteiger partial charge is 0.231 e. The van der Waals surface area contributed by atoms with Crippen molar-refractivity contribution in [3.8, 4) is 0 Å². The van der Waals surface area contributed by atoms with Gasteiger partial charge in [-0.25, -0.2) is 0 Å². The van der Waals surface area contributed by atoms with Crippen LogP contribution in [0.2, 0.25) is 0 Å². The molecule has 102 valence electrons. The van der Waals surface area contributed by atoms with E-state index in [2.05, 4.69) is 10.1 Å². The molecule has 0 saturated heterocycles. The fraction of sp³-hybridized carbons (Fsp3) is 0.429. The molecule has 0 amide bonds. The Morgan fingerprint density at radius 2 is 2.00 bits per heavy atom. The lowest BCUT2D eigenvalue weighted by molar-refractivity contribution is 0.0665. The van der Waals surface area contributed by atoms with Gasteiger partial charge in [0.1, 0.15) is 0 Å². The normalized spacial score (nSPS) is 12.8. The average Bonchev–Trinajstić information content (AvgIpc) is 2.85. The standard InChI is InChI=1S/C14H19N3O2/c1-10(2)18-9-12(15)14-16-13(19-17-14)8-11-6-4-3-5-7-11/h3-7,10,12H,8-9,15H2,1-2H3. The topological polar surface area (TPSA) is 74.2 Å². The van der Waals surface area contributed by atoms with Crippen molar-refractivity contribution in [1.82, 2.24) is 10.1 Å². The molecule has 19 heavy (non-hydrogen) atoms. The van der Waals surface area contributed by atoms with Crippen LogP contribution in [-0.4, -0.2) is 22.9 Å². The van der Waals surface area contributed by atoms with Gasteiger partial charge in [-0.05, 0) is 19.4 Å². The van der Waals surface area contributed by atoms with Crippen LogP contribution in [0.4, 0.5) is 0 Å². The molecular formula is C14H19N3O2. The summed E-state index contributed by atoms with van der Waals surface area (Å²) >= 11 is 0. The van der Waals surface area contributed by atoms with Gasteiger partial charge >= 0.3 is 0 Å². The van der Waals surface area contributed by atoms with E-state index in [1.54, 1.807) is 0 Å². The Balaban J connectivity index is 1.95. The van der Waals surface area contributed by atoms with Crippen LogP contribution in [0.1, 0.15) is 37.2 Å². The molecule has 1 aromatic carbocycles. The number of benzene rings is 1. The third-order valence-electron chi connectivity index (χ3n) is 2.62. The number of hydrogen-bond donors (Lipinski definition) is 1. The molecule has 2 N–H and O–H groups in total. The Labute approximate surface area is 112 Å². The summed E-state index contributed by atoms with van der Waals surface area (Å²) < 4.78 is 10.6. The molecule has 1 heterocycles. The Hall–Kier alpha value is -1.72. The van der Waals surface area contributed by atoms with Crippen molar-refractivity contribution in [3.05, 3.63) is 47.6 Å². The first-order valence-electron chi connectivity index (χ1n) is 6.38. The maximum Gasteiger partial charge on any atom is 0.231 e. The molecule has 5 nitrogen and oxygen atoms in total. The maximum absolute atomic E-state index is 5.94. The van der Waals surface area contributed by atoms with E-state index < -0.39 is 0 Å². The minimum atomic E-state index is -0.351. The van der Waals surface area contributed by atoms with E-state index in [0.717, 1.165) is 5.56 Å². The van der Waals surface area contributed by atoms with E-state index in [9.17, 15) is 0 Å². The minimum absolute atomic E-state index is 0.141. The van der Waals surface area contributed by atoms with Crippen LogP contribution in [0.3, 0.4) is 0 Å². The summed E-state index contributed by atoms with van der Waals surface area (Å²) in [6, 6.07) is 9.62. The highest BCUT2D eigenvalue weighted by Crippen LogP contribution is 2.11. The predicted octanol–water partition coefficient (Wildman–Crippen LogP) is 2.09. The van der Waals surface area contributed by atoms with Crippen molar-refractivity contribution in [1.29, 1.82) is 0 Å². The lowest BCUT2D eigenvalue weighted by Crippen LogP contribution is -2.20. The number of nitrogens with two attached hydrogens (primary N) is 1. The molecule has 2 aromatic rings. The summed E-state index contributed by atoms with van der Waals surface area (Å²) in [5, 5.41) is 3.90. The molecule has 0 aliphatic heterocycles. The summed E-state index contributed by atoms with van der Waals surface area (Å²) in [7, 11) is 0. The first-order chi connectivity index (χ1) is 9.15. The number of aromatic nitrogens is 2. The number of ether oxygens (including phenoxy) is 1. The van der Waals surface area contributed by atoms with Gasteiger partial charge in [0.25, 0.3) is 0 Å².